The molecule has 0 radical (unpaired) electrons. The molecule has 0 unspecified atom stereocenters. The zero-order chi connectivity index (χ0) is 21.1. The first-order chi connectivity index (χ1) is 14.7. The van der Waals surface area contributed by atoms with E-state index in [0.717, 1.165) is 29.7 Å². The number of fused-ring (bicyclic) bond motifs is 3. The average molecular weight is 406 g/mol. The summed E-state index contributed by atoms with van der Waals surface area (Å²) in [4.78, 5) is 12.7. The molecule has 0 bridgehead atoms. The Hall–Kier alpha value is -3.81. The van der Waals surface area contributed by atoms with Crippen molar-refractivity contribution >= 4 is 12.1 Å². The van der Waals surface area contributed by atoms with Crippen molar-refractivity contribution in [1.29, 1.82) is 0 Å². The van der Waals surface area contributed by atoms with Crippen LogP contribution in [0.2, 0.25) is 0 Å². The molecule has 8 heteroatoms. The standard InChI is InChI=1S/C22H22N4O4/c1-28-17-11-9-14(20(29-2)21(17)30-3)12-23-26-22(27)19-16-10-8-13-6-4-5-7-15(13)18(16)24-25-19/h4-7,9,11-12H,8,10H2,1-3H3,(H,24,25)(H,26,27)/b23-12+. The first kappa shape index (κ1) is 19.5. The minimum atomic E-state index is -0.348. The fraction of sp³-hybridized carbons (Fsp3) is 0.227. The smallest absolute Gasteiger partial charge is 0.289 e. The van der Waals surface area contributed by atoms with Crippen LogP contribution in [0.15, 0.2) is 41.5 Å². The summed E-state index contributed by atoms with van der Waals surface area (Å²) in [5.41, 5.74) is 7.65. The van der Waals surface area contributed by atoms with Crippen molar-refractivity contribution < 1.29 is 19.0 Å². The van der Waals surface area contributed by atoms with Gasteiger partial charge in [0.15, 0.2) is 11.5 Å². The Labute approximate surface area is 173 Å². The number of nitrogens with zero attached hydrogens (tertiary/aromatic N) is 2. The number of aryl methyl sites for hydroxylation is 1. The molecule has 0 fully saturated rings. The minimum Gasteiger partial charge on any atom is -0.493 e. The molecule has 0 atom stereocenters. The number of nitrogens with one attached hydrogen (secondary N) is 2. The number of hydrogen-bond donors (Lipinski definition) is 2. The topological polar surface area (TPSA) is 97.8 Å². The quantitative estimate of drug-likeness (QED) is 0.485. The third-order valence-corrected chi connectivity index (χ3v) is 5.12. The third-order valence-electron chi connectivity index (χ3n) is 5.12. The van der Waals surface area contributed by atoms with Gasteiger partial charge in [-0.3, -0.25) is 9.89 Å². The monoisotopic (exact) mass is 406 g/mol. The maximum atomic E-state index is 12.7. The number of H-pyrrole nitrogens is 1. The van der Waals surface area contributed by atoms with Crippen LogP contribution in [0.25, 0.3) is 11.3 Å². The summed E-state index contributed by atoms with van der Waals surface area (Å²) in [7, 11) is 4.61. The van der Waals surface area contributed by atoms with Crippen molar-refractivity contribution in [2.45, 2.75) is 12.8 Å². The first-order valence-electron chi connectivity index (χ1n) is 9.45. The molecule has 1 amide bonds. The van der Waals surface area contributed by atoms with E-state index >= 15 is 0 Å². The van der Waals surface area contributed by atoms with Gasteiger partial charge in [0.1, 0.15) is 5.69 Å². The molecular weight excluding hydrogens is 384 g/mol. The Morgan fingerprint density at radius 3 is 2.63 bits per heavy atom. The van der Waals surface area contributed by atoms with E-state index in [1.54, 1.807) is 19.2 Å². The average Bonchev–Trinajstić information content (AvgIpc) is 3.23. The predicted molar refractivity (Wildman–Crippen MR) is 113 cm³/mol. The van der Waals surface area contributed by atoms with Gasteiger partial charge in [0, 0.05) is 16.7 Å². The van der Waals surface area contributed by atoms with Crippen LogP contribution in [-0.2, 0) is 12.8 Å². The lowest BCUT2D eigenvalue weighted by molar-refractivity contribution is 0.0949. The summed E-state index contributed by atoms with van der Waals surface area (Å²) in [5, 5.41) is 11.3. The number of ether oxygens (including phenoxy) is 3. The van der Waals surface area contributed by atoms with Crippen LogP contribution in [0.1, 0.15) is 27.2 Å². The van der Waals surface area contributed by atoms with Gasteiger partial charge in [-0.2, -0.15) is 10.2 Å². The SMILES string of the molecule is COc1ccc(/C=N/NC(=O)c2[nH]nc3c2CCc2ccccc2-3)c(OC)c1OC. The lowest BCUT2D eigenvalue weighted by Crippen LogP contribution is -2.20. The number of carbonyl (C=O) groups excluding carboxylic acids is 1. The summed E-state index contributed by atoms with van der Waals surface area (Å²) < 4.78 is 16.1. The number of aromatic nitrogens is 2. The highest BCUT2D eigenvalue weighted by Gasteiger charge is 2.24. The number of hydrazone groups is 1. The van der Waals surface area contributed by atoms with Crippen molar-refractivity contribution in [1.82, 2.24) is 15.6 Å². The second kappa shape index (κ2) is 8.28. The molecule has 0 aliphatic heterocycles. The molecule has 0 spiro atoms. The molecule has 4 rings (SSSR count). The Morgan fingerprint density at radius 1 is 1.07 bits per heavy atom. The third kappa shape index (κ3) is 3.36. The minimum absolute atomic E-state index is 0.348. The summed E-state index contributed by atoms with van der Waals surface area (Å²) >= 11 is 0. The van der Waals surface area contributed by atoms with Crippen LogP contribution in [0.5, 0.6) is 17.2 Å². The maximum Gasteiger partial charge on any atom is 0.289 e. The fourth-order valence-electron chi connectivity index (χ4n) is 3.69. The van der Waals surface area contributed by atoms with Crippen molar-refractivity contribution in [3.63, 3.8) is 0 Å². The number of rotatable bonds is 6. The molecule has 0 saturated carbocycles. The van der Waals surface area contributed by atoms with Gasteiger partial charge in [-0.1, -0.05) is 24.3 Å². The normalized spacial score (nSPS) is 12.2. The maximum absolute atomic E-state index is 12.7. The van der Waals surface area contributed by atoms with Crippen molar-refractivity contribution in [2.75, 3.05) is 21.3 Å². The zero-order valence-corrected chi connectivity index (χ0v) is 17.0. The molecule has 3 aromatic rings. The second-order valence-electron chi connectivity index (χ2n) is 6.71. The molecule has 0 saturated heterocycles. The number of aromatic amines is 1. The lowest BCUT2D eigenvalue weighted by atomic mass is 9.89. The van der Waals surface area contributed by atoms with Gasteiger partial charge in [-0.25, -0.2) is 5.43 Å². The van der Waals surface area contributed by atoms with Crippen molar-refractivity contribution in [3.05, 3.63) is 58.8 Å². The Kier molecular flexibility index (Phi) is 5.38. The summed E-state index contributed by atoms with van der Waals surface area (Å²) in [6, 6.07) is 11.6. The second-order valence-corrected chi connectivity index (χ2v) is 6.71. The number of benzene rings is 2. The molecule has 154 valence electrons. The van der Waals surface area contributed by atoms with E-state index in [2.05, 4.69) is 26.8 Å². The molecular formula is C22H22N4O4. The first-order valence-corrected chi connectivity index (χ1v) is 9.45. The molecule has 1 heterocycles. The fourth-order valence-corrected chi connectivity index (χ4v) is 3.69. The molecule has 1 aromatic heterocycles. The summed E-state index contributed by atoms with van der Waals surface area (Å²) in [6.45, 7) is 0. The molecule has 1 aliphatic carbocycles. The van der Waals surface area contributed by atoms with E-state index in [-0.39, 0.29) is 5.91 Å². The van der Waals surface area contributed by atoms with E-state index in [1.807, 2.05) is 18.2 Å². The highest BCUT2D eigenvalue weighted by Crippen LogP contribution is 2.39. The summed E-state index contributed by atoms with van der Waals surface area (Å²) in [6.07, 6.45) is 3.12. The highest BCUT2D eigenvalue weighted by molar-refractivity contribution is 5.97. The Morgan fingerprint density at radius 2 is 1.87 bits per heavy atom. The van der Waals surface area contributed by atoms with Gasteiger partial charge in [-0.05, 0) is 30.5 Å². The number of carbonyl (C=O) groups is 1. The molecule has 8 nitrogen and oxygen atoms in total. The number of hydrogen-bond acceptors (Lipinski definition) is 6. The van der Waals surface area contributed by atoms with Crippen LogP contribution < -0.4 is 19.6 Å². The van der Waals surface area contributed by atoms with E-state index in [9.17, 15) is 4.79 Å². The van der Waals surface area contributed by atoms with Gasteiger partial charge in [0.2, 0.25) is 5.75 Å². The highest BCUT2D eigenvalue weighted by atomic mass is 16.5. The summed E-state index contributed by atoms with van der Waals surface area (Å²) in [5.74, 6) is 1.11. The zero-order valence-electron chi connectivity index (χ0n) is 17.0. The lowest BCUT2D eigenvalue weighted by Gasteiger charge is -2.15. The van der Waals surface area contributed by atoms with Gasteiger partial charge in [0.05, 0.1) is 33.2 Å². The largest absolute Gasteiger partial charge is 0.493 e. The Bertz CT molecular complexity index is 1120. The Balaban J connectivity index is 1.55. The van der Waals surface area contributed by atoms with Gasteiger partial charge < -0.3 is 14.2 Å². The van der Waals surface area contributed by atoms with Crippen LogP contribution in [-0.4, -0.2) is 43.6 Å². The molecule has 2 aromatic carbocycles. The number of methoxy groups -OCH3 is 3. The molecule has 1 aliphatic rings. The molecule has 30 heavy (non-hydrogen) atoms. The van der Waals surface area contributed by atoms with Crippen LogP contribution in [0.3, 0.4) is 0 Å². The van der Waals surface area contributed by atoms with Gasteiger partial charge in [-0.15, -0.1) is 0 Å². The van der Waals surface area contributed by atoms with Gasteiger partial charge in [0.25, 0.3) is 5.91 Å². The van der Waals surface area contributed by atoms with E-state index in [1.165, 1.54) is 26.0 Å². The van der Waals surface area contributed by atoms with Gasteiger partial charge >= 0.3 is 0 Å². The van der Waals surface area contributed by atoms with E-state index in [0.29, 0.717) is 28.5 Å². The van der Waals surface area contributed by atoms with Crippen LogP contribution in [0.4, 0.5) is 0 Å². The predicted octanol–water partition coefficient (Wildman–Crippen LogP) is 2.97. The van der Waals surface area contributed by atoms with Crippen LogP contribution >= 0.6 is 0 Å². The van der Waals surface area contributed by atoms with E-state index in [4.69, 9.17) is 14.2 Å². The molecule has 2 N–H and O–H groups in total. The van der Waals surface area contributed by atoms with Crippen molar-refractivity contribution in [2.24, 2.45) is 5.10 Å². The number of amides is 1. The van der Waals surface area contributed by atoms with E-state index < -0.39 is 0 Å². The van der Waals surface area contributed by atoms with Crippen molar-refractivity contribution in [3.8, 4) is 28.5 Å². The van der Waals surface area contributed by atoms with Crippen LogP contribution in [0, 0.1) is 0 Å².